The first-order valence-corrected chi connectivity index (χ1v) is 13.3. The summed E-state index contributed by atoms with van der Waals surface area (Å²) in [6, 6.07) is 2.75. The molecule has 1 aliphatic carbocycles. The van der Waals surface area contributed by atoms with Crippen molar-refractivity contribution >= 4 is 11.7 Å². The number of aliphatic hydroxyl groups is 1. The number of nitrogens with zero attached hydrogens (tertiary/aromatic N) is 3. The third kappa shape index (κ3) is 6.14. The number of carbonyl (C=O) groups is 1. The first-order valence-electron chi connectivity index (χ1n) is 13.3. The number of hydrogen-bond acceptors (Lipinski definition) is 5. The summed E-state index contributed by atoms with van der Waals surface area (Å²) in [5.41, 5.74) is 0.956. The van der Waals surface area contributed by atoms with E-state index >= 15 is 0 Å². The van der Waals surface area contributed by atoms with Gasteiger partial charge in [0.1, 0.15) is 11.7 Å². The maximum atomic E-state index is 14.5. The van der Waals surface area contributed by atoms with Gasteiger partial charge in [0, 0.05) is 64.1 Å². The van der Waals surface area contributed by atoms with Crippen LogP contribution in [0.1, 0.15) is 49.7 Å². The Kier molecular flexibility index (Phi) is 8.66. The van der Waals surface area contributed by atoms with Crippen LogP contribution in [0.3, 0.4) is 0 Å². The highest BCUT2D eigenvalue weighted by atomic mass is 19.4. The quantitative estimate of drug-likeness (QED) is 0.293. The van der Waals surface area contributed by atoms with Gasteiger partial charge < -0.3 is 25.1 Å². The summed E-state index contributed by atoms with van der Waals surface area (Å²) in [6.07, 6.45) is -2.23. The second kappa shape index (κ2) is 11.6. The van der Waals surface area contributed by atoms with E-state index in [0.29, 0.717) is 64.0 Å². The number of alkyl halides is 3. The number of rotatable bonds is 6. The Balaban J connectivity index is 1.50. The van der Waals surface area contributed by atoms with Crippen molar-refractivity contribution in [3.05, 3.63) is 46.4 Å². The summed E-state index contributed by atoms with van der Waals surface area (Å²) in [7, 11) is 1.87. The molecule has 0 unspecified atom stereocenters. The molecule has 0 bridgehead atoms. The number of nitrogens with one attached hydrogen (secondary N) is 2. The number of piperidine rings is 1. The SMILES string of the molecule is CNC1=C(C(=N)N2CCN(C(=O)[C@H](CN3CCC(O)CC3)c3ccc(C(F)(F)F)c(F)c3)CC2)[C@H](C)CC1. The molecule has 1 aromatic carbocycles. The smallest absolute Gasteiger partial charge is 0.393 e. The van der Waals surface area contributed by atoms with Crippen LogP contribution in [0.25, 0.3) is 0 Å². The lowest BCUT2D eigenvalue weighted by Gasteiger charge is -2.39. The summed E-state index contributed by atoms with van der Waals surface area (Å²) in [4.78, 5) is 19.4. The van der Waals surface area contributed by atoms with Gasteiger partial charge in [-0.25, -0.2) is 4.39 Å². The third-order valence-electron chi connectivity index (χ3n) is 8.11. The Morgan fingerprint density at radius 2 is 1.74 bits per heavy atom. The van der Waals surface area contributed by atoms with Crippen molar-refractivity contribution in [3.8, 4) is 0 Å². The lowest BCUT2D eigenvalue weighted by atomic mass is 9.93. The van der Waals surface area contributed by atoms with Gasteiger partial charge in [-0.15, -0.1) is 0 Å². The zero-order valence-electron chi connectivity index (χ0n) is 22.0. The van der Waals surface area contributed by atoms with E-state index in [1.165, 1.54) is 6.07 Å². The second-order valence-corrected chi connectivity index (χ2v) is 10.6. The standard InChI is InChI=1S/C27H37F4N5O2/c1-17-3-6-23(33-2)24(17)25(32)35-11-13-36(14-12-35)26(38)20(16-34-9-7-19(37)8-10-34)18-4-5-21(22(28)15-18)27(29,30)31/h4-5,15,17,19-20,32-33,37H,3,6-14,16H2,1-2H3/t17-,20-/m1/s1. The Morgan fingerprint density at radius 1 is 1.11 bits per heavy atom. The van der Waals surface area contributed by atoms with Gasteiger partial charge in [-0.2, -0.15) is 13.2 Å². The Morgan fingerprint density at radius 3 is 2.32 bits per heavy atom. The minimum Gasteiger partial charge on any atom is -0.393 e. The van der Waals surface area contributed by atoms with Gasteiger partial charge in [-0.1, -0.05) is 13.0 Å². The summed E-state index contributed by atoms with van der Waals surface area (Å²) in [5.74, 6) is -1.72. The lowest BCUT2D eigenvalue weighted by molar-refractivity contribution is -0.140. The number of hydrogen-bond donors (Lipinski definition) is 3. The van der Waals surface area contributed by atoms with E-state index in [1.54, 1.807) is 4.90 Å². The fraction of sp³-hybridized carbons (Fsp3) is 0.630. The largest absolute Gasteiger partial charge is 0.419 e. The van der Waals surface area contributed by atoms with E-state index in [2.05, 4.69) is 12.2 Å². The number of likely N-dealkylation sites (tertiary alicyclic amines) is 1. The molecule has 3 aliphatic rings. The van der Waals surface area contributed by atoms with Crippen LogP contribution in [-0.4, -0.2) is 90.5 Å². The van der Waals surface area contributed by atoms with Gasteiger partial charge in [-0.3, -0.25) is 10.2 Å². The van der Waals surface area contributed by atoms with Crippen molar-refractivity contribution in [3.63, 3.8) is 0 Å². The molecule has 2 atom stereocenters. The number of carbonyl (C=O) groups excluding carboxylic acids is 1. The third-order valence-corrected chi connectivity index (χ3v) is 8.11. The first kappa shape index (κ1) is 28.4. The van der Waals surface area contributed by atoms with Gasteiger partial charge in [0.15, 0.2) is 0 Å². The van der Waals surface area contributed by atoms with Crippen molar-refractivity contribution in [1.82, 2.24) is 20.0 Å². The van der Waals surface area contributed by atoms with Crippen LogP contribution in [0.5, 0.6) is 0 Å². The van der Waals surface area contributed by atoms with Crippen LogP contribution in [0.4, 0.5) is 17.6 Å². The normalized spacial score (nSPS) is 22.7. The molecule has 210 valence electrons. The maximum Gasteiger partial charge on any atom is 0.419 e. The summed E-state index contributed by atoms with van der Waals surface area (Å²) >= 11 is 0. The molecular formula is C27H37F4N5O2. The van der Waals surface area contributed by atoms with Crippen LogP contribution in [0, 0.1) is 17.1 Å². The zero-order valence-corrected chi connectivity index (χ0v) is 22.0. The first-order chi connectivity index (χ1) is 18.0. The monoisotopic (exact) mass is 539 g/mol. The average molecular weight is 540 g/mol. The Hall–Kier alpha value is -2.66. The molecule has 7 nitrogen and oxygen atoms in total. The van der Waals surface area contributed by atoms with Gasteiger partial charge in [0.05, 0.1) is 17.6 Å². The molecule has 2 heterocycles. The number of halogens is 4. The number of allylic oxidation sites excluding steroid dienone is 1. The van der Waals surface area contributed by atoms with Crippen LogP contribution < -0.4 is 5.32 Å². The minimum absolute atomic E-state index is 0.213. The highest BCUT2D eigenvalue weighted by Gasteiger charge is 2.37. The Labute approximate surface area is 221 Å². The van der Waals surface area contributed by atoms with Crippen LogP contribution in [0.2, 0.25) is 0 Å². The molecular weight excluding hydrogens is 502 g/mol. The average Bonchev–Trinajstić information content (AvgIpc) is 3.27. The highest BCUT2D eigenvalue weighted by molar-refractivity contribution is 5.97. The summed E-state index contributed by atoms with van der Waals surface area (Å²) in [6.45, 7) is 5.15. The molecule has 2 saturated heterocycles. The fourth-order valence-electron chi connectivity index (χ4n) is 5.78. The molecule has 0 saturated carbocycles. The zero-order chi connectivity index (χ0) is 27.6. The van der Waals surface area contributed by atoms with Crippen molar-refractivity contribution in [1.29, 1.82) is 5.41 Å². The fourth-order valence-corrected chi connectivity index (χ4v) is 5.78. The topological polar surface area (TPSA) is 82.9 Å². The predicted molar refractivity (Wildman–Crippen MR) is 136 cm³/mol. The van der Waals surface area contributed by atoms with Crippen molar-refractivity contribution < 1.29 is 27.5 Å². The van der Waals surface area contributed by atoms with E-state index in [-0.39, 0.29) is 23.9 Å². The number of piperazine rings is 1. The molecule has 3 N–H and O–H groups in total. The van der Waals surface area contributed by atoms with Gasteiger partial charge >= 0.3 is 6.18 Å². The Bertz CT molecular complexity index is 1060. The predicted octanol–water partition coefficient (Wildman–Crippen LogP) is 3.41. The second-order valence-electron chi connectivity index (χ2n) is 10.6. The molecule has 38 heavy (non-hydrogen) atoms. The van der Waals surface area contributed by atoms with Crippen LogP contribution in [0.15, 0.2) is 29.5 Å². The van der Waals surface area contributed by atoms with Crippen LogP contribution in [-0.2, 0) is 11.0 Å². The summed E-state index contributed by atoms with van der Waals surface area (Å²) < 4.78 is 53.9. The van der Waals surface area contributed by atoms with Gasteiger partial charge in [0.25, 0.3) is 0 Å². The van der Waals surface area contributed by atoms with Gasteiger partial charge in [0.2, 0.25) is 5.91 Å². The van der Waals surface area contributed by atoms with Gasteiger partial charge in [-0.05, 0) is 49.3 Å². The molecule has 0 radical (unpaired) electrons. The molecule has 0 aromatic heterocycles. The van der Waals surface area contributed by atoms with E-state index < -0.39 is 29.6 Å². The van der Waals surface area contributed by atoms with Crippen molar-refractivity contribution in [2.75, 3.05) is 52.9 Å². The number of benzene rings is 1. The van der Waals surface area contributed by atoms with Crippen molar-refractivity contribution in [2.24, 2.45) is 5.92 Å². The number of aliphatic hydroxyl groups excluding tert-OH is 1. The molecule has 4 rings (SSSR count). The molecule has 2 aliphatic heterocycles. The molecule has 0 spiro atoms. The maximum absolute atomic E-state index is 14.5. The molecule has 1 aromatic rings. The molecule has 2 fully saturated rings. The van der Waals surface area contributed by atoms with Crippen LogP contribution >= 0.6 is 0 Å². The van der Waals surface area contributed by atoms with E-state index in [1.807, 2.05) is 16.8 Å². The number of amidine groups is 1. The van der Waals surface area contributed by atoms with E-state index in [9.17, 15) is 27.5 Å². The lowest BCUT2D eigenvalue weighted by Crippen LogP contribution is -2.53. The number of amides is 1. The van der Waals surface area contributed by atoms with E-state index in [4.69, 9.17) is 5.41 Å². The summed E-state index contributed by atoms with van der Waals surface area (Å²) in [5, 5.41) is 21.8. The van der Waals surface area contributed by atoms with E-state index in [0.717, 1.165) is 30.2 Å². The molecule has 1 amide bonds. The molecule has 11 heteroatoms. The van der Waals surface area contributed by atoms with Crippen molar-refractivity contribution in [2.45, 2.75) is 50.8 Å². The highest BCUT2D eigenvalue weighted by Crippen LogP contribution is 2.34. The minimum atomic E-state index is -4.81.